The lowest BCUT2D eigenvalue weighted by Crippen LogP contribution is -2.03. The fourth-order valence-corrected chi connectivity index (χ4v) is 2.70. The average molecular weight is 373 g/mol. The van der Waals surface area contributed by atoms with Crippen molar-refractivity contribution >= 4 is 5.97 Å². The van der Waals surface area contributed by atoms with Crippen LogP contribution in [-0.4, -0.2) is 43.1 Å². The monoisotopic (exact) mass is 373 g/mol. The molecule has 0 radical (unpaired) electrons. The van der Waals surface area contributed by atoms with E-state index in [1.165, 1.54) is 30.0 Å². The van der Waals surface area contributed by atoms with E-state index in [0.29, 0.717) is 22.6 Å². The predicted octanol–water partition coefficient (Wildman–Crippen LogP) is 2.88. The molecular formula is C20H15N5O3. The number of methoxy groups -OCH3 is 1. The lowest BCUT2D eigenvalue weighted by Gasteiger charge is -2.06. The van der Waals surface area contributed by atoms with Gasteiger partial charge in [0.05, 0.1) is 24.6 Å². The van der Waals surface area contributed by atoms with Crippen LogP contribution in [0.2, 0.25) is 0 Å². The number of pyridine rings is 2. The molecule has 0 spiro atoms. The van der Waals surface area contributed by atoms with E-state index in [4.69, 9.17) is 4.74 Å². The molecule has 1 aromatic carbocycles. The zero-order chi connectivity index (χ0) is 19.5. The standard InChI is InChI=1S/C20H15N5O3/c1-28-20(27)13-5-7-19(26)18(9-13)25-12-17(23-24-25)16-6-4-15(11-22-16)14-3-2-8-21-10-14/h2-12,26H,1H3. The van der Waals surface area contributed by atoms with Crippen molar-refractivity contribution in [3.05, 3.63) is 72.8 Å². The van der Waals surface area contributed by atoms with Gasteiger partial charge >= 0.3 is 5.97 Å². The van der Waals surface area contributed by atoms with Crippen molar-refractivity contribution in [1.82, 2.24) is 25.0 Å². The minimum Gasteiger partial charge on any atom is -0.506 e. The largest absolute Gasteiger partial charge is 0.506 e. The third-order valence-electron chi connectivity index (χ3n) is 4.16. The van der Waals surface area contributed by atoms with Crippen LogP contribution >= 0.6 is 0 Å². The van der Waals surface area contributed by atoms with Crippen molar-refractivity contribution in [1.29, 1.82) is 0 Å². The lowest BCUT2D eigenvalue weighted by atomic mass is 10.1. The zero-order valence-corrected chi connectivity index (χ0v) is 14.9. The molecule has 28 heavy (non-hydrogen) atoms. The van der Waals surface area contributed by atoms with Gasteiger partial charge in [-0.15, -0.1) is 5.10 Å². The van der Waals surface area contributed by atoms with Crippen molar-refractivity contribution < 1.29 is 14.6 Å². The number of aromatic nitrogens is 5. The summed E-state index contributed by atoms with van der Waals surface area (Å²) in [6.07, 6.45) is 6.85. The number of ether oxygens (including phenoxy) is 1. The second kappa shape index (κ2) is 7.28. The van der Waals surface area contributed by atoms with Crippen LogP contribution in [0.25, 0.3) is 28.2 Å². The number of carbonyl (C=O) groups is 1. The zero-order valence-electron chi connectivity index (χ0n) is 14.9. The molecule has 0 bridgehead atoms. The molecule has 0 fully saturated rings. The van der Waals surface area contributed by atoms with Crippen molar-refractivity contribution in [3.8, 4) is 34.0 Å². The summed E-state index contributed by atoms with van der Waals surface area (Å²) < 4.78 is 6.09. The lowest BCUT2D eigenvalue weighted by molar-refractivity contribution is 0.0600. The van der Waals surface area contributed by atoms with Gasteiger partial charge in [-0.1, -0.05) is 17.3 Å². The number of hydrogen-bond donors (Lipinski definition) is 1. The second-order valence-electron chi connectivity index (χ2n) is 5.92. The van der Waals surface area contributed by atoms with E-state index in [0.717, 1.165) is 11.1 Å². The molecule has 3 heterocycles. The van der Waals surface area contributed by atoms with Gasteiger partial charge in [-0.05, 0) is 30.3 Å². The van der Waals surface area contributed by atoms with Crippen LogP contribution in [0.4, 0.5) is 0 Å². The molecule has 1 N–H and O–H groups in total. The van der Waals surface area contributed by atoms with Crippen LogP contribution in [0.5, 0.6) is 5.75 Å². The van der Waals surface area contributed by atoms with Gasteiger partial charge in [0.1, 0.15) is 17.1 Å². The van der Waals surface area contributed by atoms with Gasteiger partial charge < -0.3 is 9.84 Å². The summed E-state index contributed by atoms with van der Waals surface area (Å²) in [5.74, 6) is -0.543. The summed E-state index contributed by atoms with van der Waals surface area (Å²) in [5, 5.41) is 18.3. The van der Waals surface area contributed by atoms with Crippen molar-refractivity contribution in [2.75, 3.05) is 7.11 Å². The van der Waals surface area contributed by atoms with E-state index in [1.807, 2.05) is 24.3 Å². The Labute approximate surface area is 160 Å². The molecule has 0 aliphatic carbocycles. The SMILES string of the molecule is COC(=O)c1ccc(O)c(-n2cc(-c3ccc(-c4cccnc4)cn3)nn2)c1. The summed E-state index contributed by atoms with van der Waals surface area (Å²) in [7, 11) is 1.29. The highest BCUT2D eigenvalue weighted by atomic mass is 16.5. The fourth-order valence-electron chi connectivity index (χ4n) is 2.70. The highest BCUT2D eigenvalue weighted by molar-refractivity contribution is 5.90. The van der Waals surface area contributed by atoms with Crippen molar-refractivity contribution in [2.24, 2.45) is 0 Å². The van der Waals surface area contributed by atoms with Crippen LogP contribution in [0.15, 0.2) is 67.3 Å². The van der Waals surface area contributed by atoms with Gasteiger partial charge in [-0.25, -0.2) is 9.48 Å². The maximum atomic E-state index is 11.7. The molecule has 0 atom stereocenters. The quantitative estimate of drug-likeness (QED) is 0.549. The van der Waals surface area contributed by atoms with Crippen LogP contribution < -0.4 is 0 Å². The van der Waals surface area contributed by atoms with Crippen LogP contribution in [-0.2, 0) is 4.74 Å². The Morgan fingerprint density at radius 2 is 1.93 bits per heavy atom. The summed E-state index contributed by atoms with van der Waals surface area (Å²) in [5.41, 5.74) is 3.67. The Kier molecular flexibility index (Phi) is 4.51. The van der Waals surface area contributed by atoms with Crippen molar-refractivity contribution in [2.45, 2.75) is 0 Å². The summed E-state index contributed by atoms with van der Waals surface area (Å²) >= 11 is 0. The van der Waals surface area contributed by atoms with E-state index >= 15 is 0 Å². The first-order valence-corrected chi connectivity index (χ1v) is 8.36. The summed E-state index contributed by atoms with van der Waals surface area (Å²) in [6.45, 7) is 0. The first kappa shape index (κ1) is 17.3. The number of hydrogen-bond acceptors (Lipinski definition) is 7. The first-order chi connectivity index (χ1) is 13.7. The normalized spacial score (nSPS) is 10.6. The highest BCUT2D eigenvalue weighted by Crippen LogP contribution is 2.25. The van der Waals surface area contributed by atoms with Gasteiger partial charge in [-0.3, -0.25) is 9.97 Å². The smallest absolute Gasteiger partial charge is 0.337 e. The van der Waals surface area contributed by atoms with Crippen LogP contribution in [0.1, 0.15) is 10.4 Å². The minimum absolute atomic E-state index is 0.0380. The van der Waals surface area contributed by atoms with Gasteiger partial charge in [0.15, 0.2) is 0 Å². The van der Waals surface area contributed by atoms with E-state index in [2.05, 4.69) is 20.3 Å². The molecule has 0 saturated carbocycles. The van der Waals surface area contributed by atoms with Gasteiger partial charge in [0.25, 0.3) is 0 Å². The molecule has 4 rings (SSSR count). The Balaban J connectivity index is 1.64. The molecule has 0 aliphatic rings. The molecule has 8 heteroatoms. The third kappa shape index (κ3) is 3.30. The molecule has 3 aromatic heterocycles. The maximum absolute atomic E-state index is 11.7. The summed E-state index contributed by atoms with van der Waals surface area (Å²) in [6, 6.07) is 11.9. The Morgan fingerprint density at radius 3 is 2.64 bits per heavy atom. The van der Waals surface area contributed by atoms with Crippen molar-refractivity contribution in [3.63, 3.8) is 0 Å². The number of carbonyl (C=O) groups excluding carboxylic acids is 1. The van der Waals surface area contributed by atoms with Crippen LogP contribution in [0, 0.1) is 0 Å². The third-order valence-corrected chi connectivity index (χ3v) is 4.16. The van der Waals surface area contributed by atoms with E-state index in [1.54, 1.807) is 24.8 Å². The molecular weight excluding hydrogens is 358 g/mol. The van der Waals surface area contributed by atoms with Gasteiger partial charge in [0, 0.05) is 29.7 Å². The topological polar surface area (TPSA) is 103 Å². The Bertz CT molecular complexity index is 1120. The maximum Gasteiger partial charge on any atom is 0.337 e. The molecule has 0 amide bonds. The number of rotatable bonds is 4. The van der Waals surface area contributed by atoms with Gasteiger partial charge in [-0.2, -0.15) is 0 Å². The second-order valence-corrected chi connectivity index (χ2v) is 5.92. The van der Waals surface area contributed by atoms with Crippen LogP contribution in [0.3, 0.4) is 0 Å². The molecule has 0 saturated heterocycles. The number of benzene rings is 1. The molecule has 4 aromatic rings. The number of phenolic OH excluding ortho intramolecular Hbond substituents is 1. The Morgan fingerprint density at radius 1 is 1.07 bits per heavy atom. The molecule has 0 unspecified atom stereocenters. The molecule has 8 nitrogen and oxygen atoms in total. The van der Waals surface area contributed by atoms with E-state index in [-0.39, 0.29) is 5.75 Å². The molecule has 138 valence electrons. The summed E-state index contributed by atoms with van der Waals surface area (Å²) in [4.78, 5) is 20.3. The predicted molar refractivity (Wildman–Crippen MR) is 101 cm³/mol. The molecule has 0 aliphatic heterocycles. The average Bonchev–Trinajstić information content (AvgIpc) is 3.24. The first-order valence-electron chi connectivity index (χ1n) is 8.36. The fraction of sp³-hybridized carbons (Fsp3) is 0.0500. The number of esters is 1. The van der Waals surface area contributed by atoms with E-state index < -0.39 is 5.97 Å². The highest BCUT2D eigenvalue weighted by Gasteiger charge is 2.13. The number of phenols is 1. The minimum atomic E-state index is -0.505. The van der Waals surface area contributed by atoms with Gasteiger partial charge in [0.2, 0.25) is 0 Å². The Hall–Kier alpha value is -4.07. The number of nitrogens with zero attached hydrogens (tertiary/aromatic N) is 5. The van der Waals surface area contributed by atoms with E-state index in [9.17, 15) is 9.90 Å². The number of aromatic hydroxyl groups is 1.